The first kappa shape index (κ1) is 16.8. The number of thiazole rings is 1. The molecule has 23 heavy (non-hydrogen) atoms. The summed E-state index contributed by atoms with van der Waals surface area (Å²) in [6, 6.07) is 0.110. The molecule has 2 aliphatic rings. The Labute approximate surface area is 140 Å². The van der Waals surface area contributed by atoms with E-state index in [1.54, 1.807) is 11.3 Å². The maximum Gasteiger partial charge on any atom is 0.248 e. The fraction of sp³-hybridized carbons (Fsp3) is 0.750. The van der Waals surface area contributed by atoms with Crippen molar-refractivity contribution < 1.29 is 19.0 Å². The van der Waals surface area contributed by atoms with E-state index in [4.69, 9.17) is 14.2 Å². The van der Waals surface area contributed by atoms with Gasteiger partial charge in [0.05, 0.1) is 36.1 Å². The minimum atomic E-state index is -0.0333. The van der Waals surface area contributed by atoms with Crippen LogP contribution in [0.25, 0.3) is 0 Å². The average molecular weight is 340 g/mol. The summed E-state index contributed by atoms with van der Waals surface area (Å²) < 4.78 is 17.2. The van der Waals surface area contributed by atoms with E-state index in [9.17, 15) is 4.79 Å². The zero-order valence-electron chi connectivity index (χ0n) is 13.7. The summed E-state index contributed by atoms with van der Waals surface area (Å²) in [4.78, 5) is 18.6. The fourth-order valence-corrected chi connectivity index (χ4v) is 3.94. The molecule has 0 aromatic carbocycles. The number of aryl methyl sites for hydroxylation is 1. The molecule has 128 valence electrons. The van der Waals surface area contributed by atoms with Crippen LogP contribution in [-0.2, 0) is 25.6 Å². The van der Waals surface area contributed by atoms with E-state index in [1.807, 2.05) is 24.1 Å². The van der Waals surface area contributed by atoms with E-state index < -0.39 is 0 Å². The van der Waals surface area contributed by atoms with E-state index in [0.717, 1.165) is 23.5 Å². The zero-order chi connectivity index (χ0) is 16.2. The van der Waals surface area contributed by atoms with Gasteiger partial charge in [0.2, 0.25) is 5.91 Å². The molecule has 1 aliphatic carbocycles. The van der Waals surface area contributed by atoms with Crippen molar-refractivity contribution in [2.75, 3.05) is 26.4 Å². The lowest BCUT2D eigenvalue weighted by atomic mass is 10.1. The summed E-state index contributed by atoms with van der Waals surface area (Å²) >= 11 is 1.63. The summed E-state index contributed by atoms with van der Waals surface area (Å²) in [6.45, 7) is 6.32. The summed E-state index contributed by atoms with van der Waals surface area (Å²) in [5.74, 6) is 0.0564. The van der Waals surface area contributed by atoms with Gasteiger partial charge in [-0.15, -0.1) is 11.3 Å². The van der Waals surface area contributed by atoms with E-state index in [-0.39, 0.29) is 30.8 Å². The number of ether oxygens (including phenoxy) is 3. The average Bonchev–Trinajstić information content (AvgIpc) is 3.16. The Morgan fingerprint density at radius 1 is 1.52 bits per heavy atom. The Kier molecular flexibility index (Phi) is 5.63. The van der Waals surface area contributed by atoms with Crippen molar-refractivity contribution in [3.05, 3.63) is 16.1 Å². The number of hydrogen-bond acceptors (Lipinski definition) is 6. The van der Waals surface area contributed by atoms with Crippen LogP contribution in [0.4, 0.5) is 0 Å². The fourth-order valence-electron chi connectivity index (χ4n) is 3.34. The Balaban J connectivity index is 1.56. The van der Waals surface area contributed by atoms with E-state index in [0.29, 0.717) is 26.4 Å². The van der Waals surface area contributed by atoms with Crippen LogP contribution in [0.15, 0.2) is 5.38 Å². The molecule has 1 amide bonds. The van der Waals surface area contributed by atoms with Crippen LogP contribution in [0.1, 0.15) is 30.5 Å². The molecule has 3 atom stereocenters. The highest BCUT2D eigenvalue weighted by Crippen LogP contribution is 2.32. The van der Waals surface area contributed by atoms with Crippen molar-refractivity contribution >= 4 is 17.2 Å². The predicted octanol–water partition coefficient (Wildman–Crippen LogP) is 1.76. The molecule has 0 bridgehead atoms. The van der Waals surface area contributed by atoms with Gasteiger partial charge in [-0.2, -0.15) is 0 Å². The van der Waals surface area contributed by atoms with Crippen molar-refractivity contribution in [1.29, 1.82) is 0 Å². The first-order chi connectivity index (χ1) is 11.2. The molecule has 0 unspecified atom stereocenters. The van der Waals surface area contributed by atoms with Crippen molar-refractivity contribution in [2.24, 2.45) is 0 Å². The van der Waals surface area contributed by atoms with Gasteiger partial charge in [-0.3, -0.25) is 4.79 Å². The van der Waals surface area contributed by atoms with Gasteiger partial charge in [-0.1, -0.05) is 0 Å². The van der Waals surface area contributed by atoms with Gasteiger partial charge < -0.3 is 19.1 Å². The molecule has 3 rings (SSSR count). The number of rotatable bonds is 6. The Bertz CT molecular complexity index is 536. The number of carbonyl (C=O) groups excluding carboxylic acids is 1. The molecular formula is C16H24N2O4S. The van der Waals surface area contributed by atoms with E-state index >= 15 is 0 Å². The standard InChI is InChI=1S/C16H24N2O4S/c1-3-20-9-15(19)18-6-7-21-16-13(18)4-5-14(16)22-8-12-10-23-11(2)17-12/h10,13-14,16H,3-9H2,1-2H3/t13-,14-,16+/m1/s1. The topological polar surface area (TPSA) is 60.9 Å². The minimum absolute atomic E-state index is 0.0321. The molecule has 2 heterocycles. The SMILES string of the molecule is CCOCC(=O)N1CCO[C@H]2[C@H]1CC[C@H]2OCc1csc(C)n1. The number of aromatic nitrogens is 1. The van der Waals surface area contributed by atoms with Crippen LogP contribution in [0.3, 0.4) is 0 Å². The normalized spacial score (nSPS) is 27.2. The van der Waals surface area contributed by atoms with Crippen LogP contribution in [0.5, 0.6) is 0 Å². The van der Waals surface area contributed by atoms with Crippen LogP contribution in [-0.4, -0.2) is 60.4 Å². The van der Waals surface area contributed by atoms with Gasteiger partial charge >= 0.3 is 0 Å². The van der Waals surface area contributed by atoms with Gasteiger partial charge in [0, 0.05) is 18.5 Å². The van der Waals surface area contributed by atoms with Crippen molar-refractivity contribution in [3.63, 3.8) is 0 Å². The largest absolute Gasteiger partial charge is 0.372 e. The van der Waals surface area contributed by atoms with Gasteiger partial charge in [0.1, 0.15) is 12.7 Å². The molecule has 2 fully saturated rings. The lowest BCUT2D eigenvalue weighted by molar-refractivity contribution is -0.156. The van der Waals surface area contributed by atoms with E-state index in [1.165, 1.54) is 0 Å². The lowest BCUT2D eigenvalue weighted by Crippen LogP contribution is -2.54. The number of amides is 1. The molecule has 1 aromatic rings. The Hall–Kier alpha value is -1.02. The van der Waals surface area contributed by atoms with Crippen LogP contribution < -0.4 is 0 Å². The van der Waals surface area contributed by atoms with Gasteiger partial charge in [0.25, 0.3) is 0 Å². The second-order valence-electron chi connectivity index (χ2n) is 5.91. The van der Waals surface area contributed by atoms with Crippen LogP contribution in [0.2, 0.25) is 0 Å². The smallest absolute Gasteiger partial charge is 0.248 e. The molecule has 7 heteroatoms. The highest BCUT2D eigenvalue weighted by molar-refractivity contribution is 7.09. The molecule has 1 saturated carbocycles. The number of nitrogens with zero attached hydrogens (tertiary/aromatic N) is 2. The highest BCUT2D eigenvalue weighted by Gasteiger charge is 2.44. The second kappa shape index (κ2) is 7.70. The third-order valence-electron chi connectivity index (χ3n) is 4.40. The molecule has 6 nitrogen and oxygen atoms in total. The number of carbonyl (C=O) groups is 1. The third kappa shape index (κ3) is 3.91. The Morgan fingerprint density at radius 3 is 3.13 bits per heavy atom. The summed E-state index contributed by atoms with van der Waals surface area (Å²) in [5, 5.41) is 3.08. The van der Waals surface area contributed by atoms with Crippen molar-refractivity contribution in [1.82, 2.24) is 9.88 Å². The Morgan fingerprint density at radius 2 is 2.39 bits per heavy atom. The second-order valence-corrected chi connectivity index (χ2v) is 6.97. The molecule has 1 aromatic heterocycles. The molecule has 0 N–H and O–H groups in total. The first-order valence-corrected chi connectivity index (χ1v) is 9.08. The van der Waals surface area contributed by atoms with Gasteiger partial charge in [-0.25, -0.2) is 4.98 Å². The monoisotopic (exact) mass is 340 g/mol. The number of morpholine rings is 1. The highest BCUT2D eigenvalue weighted by atomic mass is 32.1. The molecule has 0 radical (unpaired) electrons. The van der Waals surface area contributed by atoms with Crippen molar-refractivity contribution in [2.45, 2.75) is 51.5 Å². The predicted molar refractivity (Wildman–Crippen MR) is 86.4 cm³/mol. The first-order valence-electron chi connectivity index (χ1n) is 8.20. The van der Waals surface area contributed by atoms with Crippen molar-refractivity contribution in [3.8, 4) is 0 Å². The van der Waals surface area contributed by atoms with E-state index in [2.05, 4.69) is 4.98 Å². The number of fused-ring (bicyclic) bond motifs is 1. The zero-order valence-corrected chi connectivity index (χ0v) is 14.5. The third-order valence-corrected chi connectivity index (χ3v) is 5.22. The quantitative estimate of drug-likeness (QED) is 0.790. The maximum absolute atomic E-state index is 12.3. The van der Waals surface area contributed by atoms with Gasteiger partial charge in [-0.05, 0) is 26.7 Å². The molecular weight excluding hydrogens is 316 g/mol. The lowest BCUT2D eigenvalue weighted by Gasteiger charge is -2.39. The summed E-state index contributed by atoms with van der Waals surface area (Å²) in [6.07, 6.45) is 1.83. The minimum Gasteiger partial charge on any atom is -0.372 e. The summed E-state index contributed by atoms with van der Waals surface area (Å²) in [7, 11) is 0. The van der Waals surface area contributed by atoms with Gasteiger partial charge in [0.15, 0.2) is 0 Å². The van der Waals surface area contributed by atoms with Crippen LogP contribution in [0, 0.1) is 6.92 Å². The summed E-state index contributed by atoms with van der Waals surface area (Å²) in [5.41, 5.74) is 0.969. The van der Waals surface area contributed by atoms with Crippen LogP contribution >= 0.6 is 11.3 Å². The number of hydrogen-bond donors (Lipinski definition) is 0. The molecule has 0 spiro atoms. The molecule has 1 aliphatic heterocycles. The maximum atomic E-state index is 12.3. The molecule has 1 saturated heterocycles.